The van der Waals surface area contributed by atoms with Gasteiger partial charge in [0, 0.05) is 0 Å². The van der Waals surface area contributed by atoms with Gasteiger partial charge in [0.2, 0.25) is 0 Å². The van der Waals surface area contributed by atoms with E-state index in [0.717, 1.165) is 0 Å². The summed E-state index contributed by atoms with van der Waals surface area (Å²) < 4.78 is 9.50. The van der Waals surface area contributed by atoms with E-state index >= 15 is 0 Å². The van der Waals surface area contributed by atoms with Crippen LogP contribution in [0.3, 0.4) is 0 Å². The van der Waals surface area contributed by atoms with Crippen LogP contribution in [-0.4, -0.2) is 68.5 Å². The molecule has 0 saturated carbocycles. The van der Waals surface area contributed by atoms with Crippen LogP contribution in [0.15, 0.2) is 0 Å². The number of rotatable bonds is 5. The van der Waals surface area contributed by atoms with Crippen LogP contribution in [0.4, 0.5) is 9.59 Å². The molecule has 12 heteroatoms. The van der Waals surface area contributed by atoms with Crippen LogP contribution >= 0.6 is 0 Å². The van der Waals surface area contributed by atoms with Gasteiger partial charge in [-0.2, -0.15) is 0 Å². The largest absolute Gasteiger partial charge is 0.450 e. The molecular formula is C12H18N4O8. The molecule has 134 valence electrons. The Morgan fingerprint density at radius 3 is 1.42 bits per heavy atom. The fourth-order valence-electron chi connectivity index (χ4n) is 3.52. The summed E-state index contributed by atoms with van der Waals surface area (Å²) in [6.45, 7) is 5.54. The SMILES string of the molecule is CCOC(=O)N1[C@H](C)[C@]1([N+](=O)[O-])[C@]1([N+](=O)[O-])[C@@H](C)N1C(=O)OCC. The third-order valence-electron chi connectivity index (χ3n) is 4.57. The topological polar surface area (TPSA) is 145 Å². The van der Waals surface area contributed by atoms with E-state index in [0.29, 0.717) is 9.80 Å². The number of ether oxygens (including phenoxy) is 2. The minimum absolute atomic E-state index is 0.0432. The van der Waals surface area contributed by atoms with E-state index in [4.69, 9.17) is 9.47 Å². The van der Waals surface area contributed by atoms with E-state index < -0.39 is 45.4 Å². The standard InChI is InChI=1S/C12H18N4O8/c1-5-23-9(17)13-7(3)11(13,15(19)20)12(16(21)22)8(4)14(12)10(18)24-6-2/h7-8H,5-6H2,1-4H3/t7-,8-,11-,12+,13?,14?/m1/s1. The molecule has 2 fully saturated rings. The van der Waals surface area contributed by atoms with Crippen molar-refractivity contribution in [3.05, 3.63) is 20.2 Å². The van der Waals surface area contributed by atoms with Crippen LogP contribution < -0.4 is 0 Å². The van der Waals surface area contributed by atoms with Crippen molar-refractivity contribution in [2.24, 2.45) is 0 Å². The quantitative estimate of drug-likeness (QED) is 0.401. The minimum Gasteiger partial charge on any atom is -0.450 e. The average Bonchev–Trinajstić information content (AvgIpc) is 3.30. The van der Waals surface area contributed by atoms with Crippen LogP contribution in [0.1, 0.15) is 27.7 Å². The maximum atomic E-state index is 12.0. The fourth-order valence-corrected chi connectivity index (χ4v) is 3.52. The van der Waals surface area contributed by atoms with Gasteiger partial charge in [0.05, 0.1) is 23.1 Å². The molecule has 0 aromatic carbocycles. The van der Waals surface area contributed by atoms with E-state index in [2.05, 4.69) is 0 Å². The third-order valence-corrected chi connectivity index (χ3v) is 4.57. The molecule has 12 nitrogen and oxygen atoms in total. The molecule has 0 aromatic rings. The van der Waals surface area contributed by atoms with Gasteiger partial charge in [-0.3, -0.25) is 20.2 Å². The van der Waals surface area contributed by atoms with Crippen molar-refractivity contribution in [2.45, 2.75) is 51.1 Å². The van der Waals surface area contributed by atoms with Gasteiger partial charge < -0.3 is 9.47 Å². The molecule has 0 spiro atoms. The highest BCUT2D eigenvalue weighted by molar-refractivity contribution is 5.78. The highest BCUT2D eigenvalue weighted by Crippen LogP contribution is 2.62. The molecule has 0 aromatic heterocycles. The predicted octanol–water partition coefficient (Wildman–Crippen LogP) is 0.654. The molecule has 0 radical (unpaired) electrons. The number of hydrogen-bond acceptors (Lipinski definition) is 8. The Hall–Kier alpha value is -2.66. The highest BCUT2D eigenvalue weighted by atomic mass is 16.7. The zero-order valence-corrected chi connectivity index (χ0v) is 13.6. The van der Waals surface area contributed by atoms with Gasteiger partial charge in [0.1, 0.15) is 12.1 Å². The van der Waals surface area contributed by atoms with Gasteiger partial charge in [-0.1, -0.05) is 0 Å². The maximum Gasteiger partial charge on any atom is 0.416 e. The Bertz CT molecular complexity index is 560. The second-order valence-electron chi connectivity index (χ2n) is 5.46. The van der Waals surface area contributed by atoms with Crippen molar-refractivity contribution in [1.82, 2.24) is 9.80 Å². The molecule has 2 amide bonds. The van der Waals surface area contributed by atoms with Gasteiger partial charge in [0.25, 0.3) is 0 Å². The Kier molecular flexibility index (Phi) is 4.02. The molecule has 2 rings (SSSR count). The predicted molar refractivity (Wildman–Crippen MR) is 76.1 cm³/mol. The summed E-state index contributed by atoms with van der Waals surface area (Å²) in [5.74, 6) is 0. The van der Waals surface area contributed by atoms with Crippen molar-refractivity contribution in [2.75, 3.05) is 13.2 Å². The summed E-state index contributed by atoms with van der Waals surface area (Å²) in [5.41, 5.74) is -4.79. The van der Waals surface area contributed by atoms with E-state index in [9.17, 15) is 29.8 Å². The summed E-state index contributed by atoms with van der Waals surface area (Å²) in [6, 6.07) is -2.22. The minimum atomic E-state index is -2.39. The van der Waals surface area contributed by atoms with Crippen LogP contribution in [0.5, 0.6) is 0 Å². The highest BCUT2D eigenvalue weighted by Gasteiger charge is 3.03. The molecule has 4 atom stereocenters. The molecule has 2 aliphatic heterocycles. The zero-order chi connectivity index (χ0) is 18.4. The van der Waals surface area contributed by atoms with Crippen LogP contribution in [0, 0.1) is 20.2 Å². The van der Waals surface area contributed by atoms with Crippen LogP contribution in [0.25, 0.3) is 0 Å². The Morgan fingerprint density at radius 2 is 1.21 bits per heavy atom. The number of nitro groups is 2. The van der Waals surface area contributed by atoms with Gasteiger partial charge in [-0.15, -0.1) is 0 Å². The summed E-state index contributed by atoms with van der Waals surface area (Å²) in [5, 5.41) is 23.5. The number of nitrogens with zero attached hydrogens (tertiary/aromatic N) is 4. The lowest BCUT2D eigenvalue weighted by Gasteiger charge is -2.15. The first-order chi connectivity index (χ1) is 11.2. The average molecular weight is 346 g/mol. The van der Waals surface area contributed by atoms with E-state index in [1.54, 1.807) is 0 Å². The molecule has 0 unspecified atom stereocenters. The maximum absolute atomic E-state index is 12.0. The van der Waals surface area contributed by atoms with Crippen molar-refractivity contribution in [1.29, 1.82) is 0 Å². The number of carbonyl (C=O) groups is 2. The third kappa shape index (κ3) is 1.79. The molecule has 0 bridgehead atoms. The second kappa shape index (κ2) is 5.46. The lowest BCUT2D eigenvalue weighted by atomic mass is 10.0. The fraction of sp³-hybridized carbons (Fsp3) is 0.833. The number of hydrogen-bond donors (Lipinski definition) is 0. The Balaban J connectivity index is 2.50. The van der Waals surface area contributed by atoms with Gasteiger partial charge in [-0.05, 0) is 27.7 Å². The molecule has 0 N–H and O–H groups in total. The molecule has 2 heterocycles. The molecule has 24 heavy (non-hydrogen) atoms. The first kappa shape index (κ1) is 17.7. The Labute approximate surface area is 136 Å². The molecular weight excluding hydrogens is 328 g/mol. The number of carbonyl (C=O) groups excluding carboxylic acids is 2. The van der Waals surface area contributed by atoms with Crippen molar-refractivity contribution >= 4 is 12.2 Å². The van der Waals surface area contributed by atoms with Gasteiger partial charge in [-0.25, -0.2) is 19.4 Å². The van der Waals surface area contributed by atoms with Crippen LogP contribution in [0.2, 0.25) is 0 Å². The van der Waals surface area contributed by atoms with E-state index in [1.807, 2.05) is 0 Å². The van der Waals surface area contributed by atoms with Gasteiger partial charge in [0.15, 0.2) is 0 Å². The lowest BCUT2D eigenvalue weighted by Crippen LogP contribution is -2.55. The first-order valence-electron chi connectivity index (χ1n) is 7.38. The molecule has 2 aliphatic rings. The zero-order valence-electron chi connectivity index (χ0n) is 13.6. The molecule has 0 aliphatic carbocycles. The Morgan fingerprint density at radius 1 is 0.917 bits per heavy atom. The first-order valence-corrected chi connectivity index (χ1v) is 7.38. The van der Waals surface area contributed by atoms with Crippen molar-refractivity contribution in [3.63, 3.8) is 0 Å². The summed E-state index contributed by atoms with van der Waals surface area (Å²) in [7, 11) is 0. The smallest absolute Gasteiger partial charge is 0.416 e. The normalized spacial score (nSPS) is 33.7. The van der Waals surface area contributed by atoms with Crippen molar-refractivity contribution < 1.29 is 28.9 Å². The van der Waals surface area contributed by atoms with E-state index in [-0.39, 0.29) is 13.2 Å². The second-order valence-corrected chi connectivity index (χ2v) is 5.46. The summed E-state index contributed by atoms with van der Waals surface area (Å²) >= 11 is 0. The van der Waals surface area contributed by atoms with Gasteiger partial charge >= 0.3 is 23.5 Å². The van der Waals surface area contributed by atoms with Crippen LogP contribution in [-0.2, 0) is 9.47 Å². The number of amides is 2. The van der Waals surface area contributed by atoms with E-state index in [1.165, 1.54) is 27.7 Å². The monoisotopic (exact) mass is 346 g/mol. The lowest BCUT2D eigenvalue weighted by molar-refractivity contribution is -0.658. The van der Waals surface area contributed by atoms with Crippen molar-refractivity contribution in [3.8, 4) is 0 Å². The summed E-state index contributed by atoms with van der Waals surface area (Å²) in [4.78, 5) is 47.1. The molecule has 2 saturated heterocycles. The summed E-state index contributed by atoms with van der Waals surface area (Å²) in [6.07, 6.45) is -2.07.